The topological polar surface area (TPSA) is 21.3 Å². The van der Waals surface area contributed by atoms with Crippen molar-refractivity contribution in [1.29, 1.82) is 0 Å². The third-order valence-electron chi connectivity index (χ3n) is 3.20. The first-order chi connectivity index (χ1) is 7.72. The molecule has 1 aromatic rings. The Bertz CT molecular complexity index is 372. The molecule has 1 saturated heterocycles. The van der Waals surface area contributed by atoms with Gasteiger partial charge in [-0.15, -0.1) is 0 Å². The van der Waals surface area contributed by atoms with Gasteiger partial charge in [0, 0.05) is 5.56 Å². The number of piperidine rings is 1. The van der Waals surface area contributed by atoms with E-state index in [0.717, 1.165) is 37.1 Å². The molecule has 1 fully saturated rings. The molecule has 0 unspecified atom stereocenters. The van der Waals surface area contributed by atoms with Crippen molar-refractivity contribution >= 4 is 0 Å². The molecule has 0 saturated carbocycles. The van der Waals surface area contributed by atoms with E-state index in [4.69, 9.17) is 4.74 Å². The Kier molecular flexibility index (Phi) is 3.44. The van der Waals surface area contributed by atoms with Crippen LogP contribution >= 0.6 is 0 Å². The first kappa shape index (κ1) is 11.4. The van der Waals surface area contributed by atoms with Crippen molar-refractivity contribution in [3.63, 3.8) is 0 Å². The lowest BCUT2D eigenvalue weighted by Crippen LogP contribution is -2.27. The zero-order valence-electron chi connectivity index (χ0n) is 9.85. The normalized spacial score (nSPS) is 17.4. The van der Waals surface area contributed by atoms with Gasteiger partial charge in [0.05, 0.1) is 7.11 Å². The minimum absolute atomic E-state index is 0.122. The summed E-state index contributed by atoms with van der Waals surface area (Å²) in [6, 6.07) is 3.51. The maximum absolute atomic E-state index is 14.0. The number of hydrogen-bond acceptors (Lipinski definition) is 2. The van der Waals surface area contributed by atoms with Gasteiger partial charge in [-0.2, -0.15) is 0 Å². The lowest BCUT2D eigenvalue weighted by atomic mass is 9.88. The average molecular weight is 223 g/mol. The van der Waals surface area contributed by atoms with E-state index < -0.39 is 0 Å². The molecule has 0 radical (unpaired) electrons. The van der Waals surface area contributed by atoms with Gasteiger partial charge in [-0.3, -0.25) is 0 Å². The second-order valence-corrected chi connectivity index (χ2v) is 4.39. The molecular formula is C13H18FNO. The van der Waals surface area contributed by atoms with Gasteiger partial charge in [0.15, 0.2) is 0 Å². The van der Waals surface area contributed by atoms with Crippen LogP contribution in [0.2, 0.25) is 0 Å². The third kappa shape index (κ3) is 2.19. The summed E-state index contributed by atoms with van der Waals surface area (Å²) in [5.74, 6) is 0.866. The van der Waals surface area contributed by atoms with Crippen molar-refractivity contribution in [1.82, 2.24) is 5.32 Å². The first-order valence-electron chi connectivity index (χ1n) is 5.77. The standard InChI is InChI=1S/C13H18FNO/c1-9-7-11(14)13(12(8-9)16-2)10-3-5-15-6-4-10/h7-8,10,15H,3-6H2,1-2H3. The molecule has 3 heteroatoms. The van der Waals surface area contributed by atoms with E-state index in [2.05, 4.69) is 5.32 Å². The lowest BCUT2D eigenvalue weighted by Gasteiger charge is -2.25. The van der Waals surface area contributed by atoms with E-state index in [0.29, 0.717) is 5.75 Å². The van der Waals surface area contributed by atoms with Crippen molar-refractivity contribution in [2.24, 2.45) is 0 Å². The summed E-state index contributed by atoms with van der Waals surface area (Å²) >= 11 is 0. The van der Waals surface area contributed by atoms with Gasteiger partial charge in [0.1, 0.15) is 11.6 Å². The van der Waals surface area contributed by atoms with Crippen LogP contribution in [0, 0.1) is 12.7 Å². The highest BCUT2D eigenvalue weighted by Crippen LogP contribution is 2.35. The van der Waals surface area contributed by atoms with Gasteiger partial charge < -0.3 is 10.1 Å². The molecule has 2 rings (SSSR count). The summed E-state index contributed by atoms with van der Waals surface area (Å²) in [5, 5.41) is 3.29. The molecular weight excluding hydrogens is 205 g/mol. The molecule has 0 aliphatic carbocycles. The minimum atomic E-state index is -0.122. The van der Waals surface area contributed by atoms with Crippen LogP contribution in [0.3, 0.4) is 0 Å². The fourth-order valence-corrected chi connectivity index (χ4v) is 2.40. The van der Waals surface area contributed by atoms with Gasteiger partial charge in [0.2, 0.25) is 0 Å². The molecule has 0 atom stereocenters. The number of aryl methyl sites for hydroxylation is 1. The highest BCUT2D eigenvalue weighted by molar-refractivity contribution is 5.41. The van der Waals surface area contributed by atoms with E-state index in [1.807, 2.05) is 13.0 Å². The largest absolute Gasteiger partial charge is 0.496 e. The molecule has 1 heterocycles. The van der Waals surface area contributed by atoms with Crippen LogP contribution in [0.25, 0.3) is 0 Å². The number of rotatable bonds is 2. The molecule has 1 aliphatic rings. The summed E-state index contributed by atoms with van der Waals surface area (Å²) < 4.78 is 19.3. The number of methoxy groups -OCH3 is 1. The molecule has 1 aliphatic heterocycles. The van der Waals surface area contributed by atoms with Gasteiger partial charge in [-0.05, 0) is 56.5 Å². The van der Waals surface area contributed by atoms with Crippen LogP contribution in [0.15, 0.2) is 12.1 Å². The summed E-state index contributed by atoms with van der Waals surface area (Å²) in [6.45, 7) is 3.81. The Morgan fingerprint density at radius 3 is 2.62 bits per heavy atom. The van der Waals surface area contributed by atoms with Gasteiger partial charge in [-0.1, -0.05) is 0 Å². The molecule has 1 N–H and O–H groups in total. The number of hydrogen-bond donors (Lipinski definition) is 1. The molecule has 16 heavy (non-hydrogen) atoms. The predicted octanol–water partition coefficient (Wildman–Crippen LogP) is 2.61. The number of benzene rings is 1. The van der Waals surface area contributed by atoms with E-state index in [9.17, 15) is 4.39 Å². The second-order valence-electron chi connectivity index (χ2n) is 4.39. The molecule has 88 valence electrons. The fourth-order valence-electron chi connectivity index (χ4n) is 2.40. The second kappa shape index (κ2) is 4.83. The Labute approximate surface area is 95.8 Å². The molecule has 2 nitrogen and oxygen atoms in total. The number of halogens is 1. The quantitative estimate of drug-likeness (QED) is 0.832. The van der Waals surface area contributed by atoms with E-state index in [-0.39, 0.29) is 11.7 Å². The Morgan fingerprint density at radius 1 is 1.31 bits per heavy atom. The zero-order valence-corrected chi connectivity index (χ0v) is 9.85. The maximum Gasteiger partial charge on any atom is 0.130 e. The van der Waals surface area contributed by atoms with Crippen molar-refractivity contribution in [3.05, 3.63) is 29.1 Å². The smallest absolute Gasteiger partial charge is 0.130 e. The van der Waals surface area contributed by atoms with Crippen molar-refractivity contribution in [2.45, 2.75) is 25.7 Å². The molecule has 0 bridgehead atoms. The van der Waals surface area contributed by atoms with Crippen LogP contribution in [0.5, 0.6) is 5.75 Å². The van der Waals surface area contributed by atoms with Gasteiger partial charge in [-0.25, -0.2) is 4.39 Å². The van der Waals surface area contributed by atoms with Crippen LogP contribution in [-0.4, -0.2) is 20.2 Å². The van der Waals surface area contributed by atoms with Crippen LogP contribution in [0.1, 0.15) is 29.9 Å². The summed E-state index contributed by atoms with van der Waals surface area (Å²) in [4.78, 5) is 0. The maximum atomic E-state index is 14.0. The lowest BCUT2D eigenvalue weighted by molar-refractivity contribution is 0.381. The van der Waals surface area contributed by atoms with Gasteiger partial charge >= 0.3 is 0 Å². The Hall–Kier alpha value is -1.09. The number of nitrogens with one attached hydrogen (secondary N) is 1. The predicted molar refractivity (Wildman–Crippen MR) is 62.5 cm³/mol. The van der Waals surface area contributed by atoms with Crippen LogP contribution in [-0.2, 0) is 0 Å². The summed E-state index contributed by atoms with van der Waals surface area (Å²) in [5.41, 5.74) is 1.67. The summed E-state index contributed by atoms with van der Waals surface area (Å²) in [7, 11) is 1.61. The van der Waals surface area contributed by atoms with E-state index in [1.165, 1.54) is 0 Å². The van der Waals surface area contributed by atoms with Crippen LogP contribution < -0.4 is 10.1 Å². The van der Waals surface area contributed by atoms with Gasteiger partial charge in [0.25, 0.3) is 0 Å². The average Bonchev–Trinajstić information content (AvgIpc) is 2.29. The monoisotopic (exact) mass is 223 g/mol. The molecule has 0 spiro atoms. The highest BCUT2D eigenvalue weighted by Gasteiger charge is 2.22. The third-order valence-corrected chi connectivity index (χ3v) is 3.20. The summed E-state index contributed by atoms with van der Waals surface area (Å²) in [6.07, 6.45) is 1.96. The van der Waals surface area contributed by atoms with Crippen molar-refractivity contribution < 1.29 is 9.13 Å². The van der Waals surface area contributed by atoms with Crippen molar-refractivity contribution in [3.8, 4) is 5.75 Å². The van der Waals surface area contributed by atoms with Crippen LogP contribution in [0.4, 0.5) is 4.39 Å². The number of ether oxygens (including phenoxy) is 1. The Morgan fingerprint density at radius 2 is 2.00 bits per heavy atom. The van der Waals surface area contributed by atoms with E-state index in [1.54, 1.807) is 13.2 Å². The molecule has 0 aromatic heterocycles. The minimum Gasteiger partial charge on any atom is -0.496 e. The zero-order chi connectivity index (χ0) is 11.5. The SMILES string of the molecule is COc1cc(C)cc(F)c1C1CCNCC1. The van der Waals surface area contributed by atoms with E-state index >= 15 is 0 Å². The highest BCUT2D eigenvalue weighted by atomic mass is 19.1. The first-order valence-corrected chi connectivity index (χ1v) is 5.77. The molecule has 1 aromatic carbocycles. The Balaban J connectivity index is 2.37. The van der Waals surface area contributed by atoms with Crippen molar-refractivity contribution in [2.75, 3.05) is 20.2 Å². The molecule has 0 amide bonds. The fraction of sp³-hybridized carbons (Fsp3) is 0.538.